The smallest absolute Gasteiger partial charge is 0.231 e. The zero-order chi connectivity index (χ0) is 18.8. The number of carbonyl (C=O) groups is 1. The van der Waals surface area contributed by atoms with Gasteiger partial charge < -0.3 is 19.4 Å². The van der Waals surface area contributed by atoms with Gasteiger partial charge in [0.05, 0.1) is 6.67 Å². The molecule has 1 amide bonds. The number of likely N-dealkylation sites (tertiary alicyclic amines) is 1. The van der Waals surface area contributed by atoms with E-state index < -0.39 is 0 Å². The van der Waals surface area contributed by atoms with E-state index in [1.54, 1.807) is 12.4 Å². The molecule has 3 heterocycles. The predicted molar refractivity (Wildman–Crippen MR) is 102 cm³/mol. The van der Waals surface area contributed by atoms with Crippen LogP contribution in [0.4, 0.5) is 5.69 Å². The van der Waals surface area contributed by atoms with Crippen molar-refractivity contribution in [2.24, 2.45) is 5.92 Å². The first-order chi connectivity index (χ1) is 13.1. The maximum atomic E-state index is 12.6. The van der Waals surface area contributed by atoms with E-state index >= 15 is 0 Å². The van der Waals surface area contributed by atoms with Crippen LogP contribution < -0.4 is 14.8 Å². The second kappa shape index (κ2) is 7.69. The minimum Gasteiger partial charge on any atom is -0.454 e. The molecule has 2 aromatic rings. The highest BCUT2D eigenvalue weighted by molar-refractivity contribution is 7.71. The number of rotatable bonds is 5. The largest absolute Gasteiger partial charge is 0.454 e. The first-order valence-electron chi connectivity index (χ1n) is 9.19. The van der Waals surface area contributed by atoms with Crippen LogP contribution in [0.15, 0.2) is 24.5 Å². The van der Waals surface area contributed by atoms with Crippen LogP contribution in [0, 0.1) is 10.7 Å². The third kappa shape index (κ3) is 3.84. The summed E-state index contributed by atoms with van der Waals surface area (Å²) in [5.41, 5.74) is 0.739. The number of hydrogen-bond donors (Lipinski definition) is 1. The molecule has 144 valence electrons. The average molecular weight is 389 g/mol. The number of carbonyl (C=O) groups excluding carboxylic acids is 1. The van der Waals surface area contributed by atoms with Gasteiger partial charge in [-0.3, -0.25) is 9.69 Å². The average Bonchev–Trinajstić information content (AvgIpc) is 3.28. The Labute approximate surface area is 162 Å². The molecule has 1 aromatic heterocycles. The lowest BCUT2D eigenvalue weighted by molar-refractivity contribution is -0.121. The molecule has 0 aliphatic carbocycles. The first kappa shape index (κ1) is 18.0. The van der Waals surface area contributed by atoms with Gasteiger partial charge in [0.25, 0.3) is 0 Å². The molecule has 1 N–H and O–H groups in total. The molecule has 9 heteroatoms. The SMILES string of the molecule is CCn1cnn(CN2CCC(C(=O)Nc3ccc4c(c3)OCO4)CC2)c1=S. The summed E-state index contributed by atoms with van der Waals surface area (Å²) in [7, 11) is 0. The number of piperidine rings is 1. The van der Waals surface area contributed by atoms with Crippen LogP contribution in [0.3, 0.4) is 0 Å². The van der Waals surface area contributed by atoms with Gasteiger partial charge in [-0.05, 0) is 44.1 Å². The Morgan fingerprint density at radius 2 is 2.07 bits per heavy atom. The molecule has 4 rings (SSSR count). The Hall–Kier alpha value is -2.39. The Morgan fingerprint density at radius 3 is 2.81 bits per heavy atom. The molecular formula is C18H23N5O3S. The minimum absolute atomic E-state index is 0.00726. The second-order valence-corrected chi connectivity index (χ2v) is 7.16. The number of anilines is 1. The lowest BCUT2D eigenvalue weighted by Gasteiger charge is -2.30. The molecule has 0 unspecified atom stereocenters. The Bertz CT molecular complexity index is 885. The van der Waals surface area contributed by atoms with Crippen molar-refractivity contribution >= 4 is 23.8 Å². The fraction of sp³-hybridized carbons (Fsp3) is 0.500. The monoisotopic (exact) mass is 389 g/mol. The van der Waals surface area contributed by atoms with E-state index in [0.717, 1.165) is 42.9 Å². The molecule has 2 aliphatic heterocycles. The normalized spacial score (nSPS) is 17.2. The first-order valence-corrected chi connectivity index (χ1v) is 9.60. The third-order valence-corrected chi connectivity index (χ3v) is 5.52. The number of fused-ring (bicyclic) bond motifs is 1. The molecule has 1 fully saturated rings. The molecule has 0 saturated carbocycles. The molecule has 0 radical (unpaired) electrons. The van der Waals surface area contributed by atoms with Crippen molar-refractivity contribution in [3.05, 3.63) is 29.3 Å². The summed E-state index contributed by atoms with van der Waals surface area (Å²) in [6, 6.07) is 5.47. The number of amides is 1. The lowest BCUT2D eigenvalue weighted by atomic mass is 9.96. The van der Waals surface area contributed by atoms with Crippen molar-refractivity contribution in [3.63, 3.8) is 0 Å². The van der Waals surface area contributed by atoms with Crippen LogP contribution in [0.5, 0.6) is 11.5 Å². The molecule has 0 spiro atoms. The van der Waals surface area contributed by atoms with E-state index in [-0.39, 0.29) is 18.6 Å². The van der Waals surface area contributed by atoms with E-state index in [1.165, 1.54) is 0 Å². The Morgan fingerprint density at radius 1 is 1.30 bits per heavy atom. The summed E-state index contributed by atoms with van der Waals surface area (Å²) >= 11 is 5.42. The zero-order valence-electron chi connectivity index (χ0n) is 15.3. The zero-order valence-corrected chi connectivity index (χ0v) is 16.1. The summed E-state index contributed by atoms with van der Waals surface area (Å²) < 4.78 is 15.2. The number of nitrogens with zero attached hydrogens (tertiary/aromatic N) is 4. The van der Waals surface area contributed by atoms with Gasteiger partial charge in [-0.15, -0.1) is 0 Å². The van der Waals surface area contributed by atoms with E-state index in [4.69, 9.17) is 21.7 Å². The minimum atomic E-state index is 0.00726. The second-order valence-electron chi connectivity index (χ2n) is 6.79. The van der Waals surface area contributed by atoms with Gasteiger partial charge in [0.2, 0.25) is 12.7 Å². The molecule has 8 nitrogen and oxygen atoms in total. The number of aryl methyl sites for hydroxylation is 1. The van der Waals surface area contributed by atoms with Crippen molar-refractivity contribution < 1.29 is 14.3 Å². The van der Waals surface area contributed by atoms with Gasteiger partial charge >= 0.3 is 0 Å². The van der Waals surface area contributed by atoms with Crippen LogP contribution in [0.25, 0.3) is 0 Å². The van der Waals surface area contributed by atoms with Gasteiger partial charge in [0.1, 0.15) is 6.33 Å². The molecule has 0 atom stereocenters. The summed E-state index contributed by atoms with van der Waals surface area (Å²) in [4.78, 5) is 14.9. The summed E-state index contributed by atoms with van der Waals surface area (Å²) in [5.74, 6) is 1.45. The number of nitrogens with one attached hydrogen (secondary N) is 1. The quantitative estimate of drug-likeness (QED) is 0.792. The van der Waals surface area contributed by atoms with Crippen LogP contribution in [-0.2, 0) is 18.0 Å². The van der Waals surface area contributed by atoms with Gasteiger partial charge in [0, 0.05) is 37.3 Å². The topological polar surface area (TPSA) is 73.6 Å². The van der Waals surface area contributed by atoms with Crippen LogP contribution in [0.2, 0.25) is 0 Å². The van der Waals surface area contributed by atoms with Gasteiger partial charge in [-0.2, -0.15) is 5.10 Å². The maximum absolute atomic E-state index is 12.6. The highest BCUT2D eigenvalue weighted by atomic mass is 32.1. The summed E-state index contributed by atoms with van der Waals surface area (Å²) in [6.07, 6.45) is 3.41. The molecule has 1 aromatic carbocycles. The van der Waals surface area contributed by atoms with Crippen molar-refractivity contribution in [2.45, 2.75) is 33.0 Å². The van der Waals surface area contributed by atoms with E-state index in [2.05, 4.69) is 15.3 Å². The Kier molecular flexibility index (Phi) is 5.13. The number of benzene rings is 1. The maximum Gasteiger partial charge on any atom is 0.231 e. The number of ether oxygens (including phenoxy) is 2. The van der Waals surface area contributed by atoms with E-state index in [1.807, 2.05) is 28.3 Å². The third-order valence-electron chi connectivity index (χ3n) is 5.07. The van der Waals surface area contributed by atoms with Crippen LogP contribution in [0.1, 0.15) is 19.8 Å². The Balaban J connectivity index is 1.30. The highest BCUT2D eigenvalue weighted by Gasteiger charge is 2.26. The van der Waals surface area contributed by atoms with Gasteiger partial charge in [0.15, 0.2) is 16.3 Å². The van der Waals surface area contributed by atoms with Crippen molar-refractivity contribution in [1.29, 1.82) is 0 Å². The van der Waals surface area contributed by atoms with Crippen LogP contribution >= 0.6 is 12.2 Å². The standard InChI is InChI=1S/C18H23N5O3S/c1-2-22-10-19-23(18(22)27)11-21-7-5-13(6-8-21)17(24)20-14-3-4-15-16(9-14)26-12-25-15/h3-4,9-10,13H,2,5-8,11-12H2,1H3,(H,20,24). The van der Waals surface area contributed by atoms with Crippen LogP contribution in [-0.4, -0.2) is 45.0 Å². The van der Waals surface area contributed by atoms with E-state index in [9.17, 15) is 4.79 Å². The summed E-state index contributed by atoms with van der Waals surface area (Å²) in [5, 5.41) is 7.35. The van der Waals surface area contributed by atoms with Gasteiger partial charge in [-0.25, -0.2) is 4.68 Å². The van der Waals surface area contributed by atoms with Crippen molar-refractivity contribution in [3.8, 4) is 11.5 Å². The molecule has 27 heavy (non-hydrogen) atoms. The van der Waals surface area contributed by atoms with Crippen molar-refractivity contribution in [1.82, 2.24) is 19.2 Å². The molecule has 0 bridgehead atoms. The van der Waals surface area contributed by atoms with E-state index in [0.29, 0.717) is 18.2 Å². The molecule has 2 aliphatic rings. The molecule has 1 saturated heterocycles. The highest BCUT2D eigenvalue weighted by Crippen LogP contribution is 2.34. The number of hydrogen-bond acceptors (Lipinski definition) is 6. The fourth-order valence-corrected chi connectivity index (χ4v) is 3.71. The van der Waals surface area contributed by atoms with Gasteiger partial charge in [-0.1, -0.05) is 0 Å². The summed E-state index contributed by atoms with van der Waals surface area (Å²) in [6.45, 7) is 5.46. The predicted octanol–water partition coefficient (Wildman–Crippen LogP) is 2.47. The van der Waals surface area contributed by atoms with Crippen molar-refractivity contribution in [2.75, 3.05) is 25.2 Å². The fourth-order valence-electron chi connectivity index (χ4n) is 3.43. The molecular weight excluding hydrogens is 366 g/mol. The lowest BCUT2D eigenvalue weighted by Crippen LogP contribution is -2.39. The number of aromatic nitrogens is 3.